The first kappa shape index (κ1) is 21.4. The molecular weight excluding hydrogens is 451 g/mol. The second-order valence-corrected chi connectivity index (χ2v) is 6.69. The normalized spacial score (nSPS) is 15.3. The Morgan fingerprint density at radius 2 is 1.81 bits per heavy atom. The van der Waals surface area contributed by atoms with Gasteiger partial charge in [0.15, 0.2) is 5.96 Å². The number of aliphatic imine (C=N–C) groups is 1. The van der Waals surface area contributed by atoms with Gasteiger partial charge in [0.2, 0.25) is 0 Å². The third-order valence-corrected chi connectivity index (χ3v) is 4.70. The van der Waals surface area contributed by atoms with Gasteiger partial charge < -0.3 is 20.9 Å². The largest absolute Gasteiger partial charge is 0.370 e. The molecule has 7 heteroatoms. The summed E-state index contributed by atoms with van der Waals surface area (Å²) < 4.78 is 0. The predicted octanol–water partition coefficient (Wildman–Crippen LogP) is 2.94. The molecule has 0 atom stereocenters. The van der Waals surface area contributed by atoms with Crippen LogP contribution in [0.5, 0.6) is 0 Å². The van der Waals surface area contributed by atoms with E-state index in [9.17, 15) is 0 Å². The van der Waals surface area contributed by atoms with Crippen LogP contribution in [-0.4, -0.2) is 49.1 Å². The lowest BCUT2D eigenvalue weighted by molar-refractivity contribution is 0.312. The molecule has 0 unspecified atom stereocenters. The summed E-state index contributed by atoms with van der Waals surface area (Å²) in [7, 11) is 2.15. The second-order valence-electron chi connectivity index (χ2n) is 6.69. The maximum atomic E-state index is 6.03. The third-order valence-electron chi connectivity index (χ3n) is 4.70. The minimum atomic E-state index is 0. The van der Waals surface area contributed by atoms with Crippen molar-refractivity contribution in [3.05, 3.63) is 53.7 Å². The van der Waals surface area contributed by atoms with Crippen molar-refractivity contribution in [2.75, 3.05) is 43.4 Å². The lowest BCUT2D eigenvalue weighted by atomic mass is 10.1. The summed E-state index contributed by atoms with van der Waals surface area (Å²) in [5, 5.41) is 3.14. The number of guanidine groups is 1. The van der Waals surface area contributed by atoms with Gasteiger partial charge in [-0.15, -0.1) is 24.0 Å². The smallest absolute Gasteiger partial charge is 0.193 e. The molecule has 2 aromatic rings. The molecule has 1 aromatic carbocycles. The van der Waals surface area contributed by atoms with Crippen LogP contribution in [0, 0.1) is 0 Å². The Balaban J connectivity index is 0.00000261. The molecule has 3 N–H and O–H groups in total. The van der Waals surface area contributed by atoms with Crippen LogP contribution >= 0.6 is 24.0 Å². The third kappa shape index (κ3) is 6.35. The van der Waals surface area contributed by atoms with Gasteiger partial charge in [-0.05, 0) is 48.9 Å². The van der Waals surface area contributed by atoms with Crippen LogP contribution in [0.15, 0.2) is 47.6 Å². The standard InChI is InChI=1S/C20H28N6.HI/c1-3-16-4-6-18(7-5-16)24-20(21)23-15-17-8-9-22-19(14-17)26-12-10-25(2)11-13-26;/h4-9,14H,3,10-13,15H2,1-2H3,(H3,21,23,24);1H. The summed E-state index contributed by atoms with van der Waals surface area (Å²) in [5.74, 6) is 1.44. The van der Waals surface area contributed by atoms with Crippen molar-refractivity contribution in [3.8, 4) is 0 Å². The number of aromatic nitrogens is 1. The van der Waals surface area contributed by atoms with Gasteiger partial charge in [-0.1, -0.05) is 19.1 Å². The summed E-state index contributed by atoms with van der Waals surface area (Å²) in [6.07, 6.45) is 2.88. The number of piperazine rings is 1. The lowest BCUT2D eigenvalue weighted by Gasteiger charge is -2.33. The van der Waals surface area contributed by atoms with Crippen LogP contribution in [0.25, 0.3) is 0 Å². The number of aryl methyl sites for hydroxylation is 1. The molecule has 146 valence electrons. The van der Waals surface area contributed by atoms with E-state index in [0.29, 0.717) is 12.5 Å². The Morgan fingerprint density at radius 3 is 2.48 bits per heavy atom. The summed E-state index contributed by atoms with van der Waals surface area (Å²) >= 11 is 0. The number of anilines is 2. The van der Waals surface area contributed by atoms with E-state index in [2.05, 4.69) is 57.3 Å². The molecule has 0 aliphatic carbocycles. The minimum absolute atomic E-state index is 0. The lowest BCUT2D eigenvalue weighted by Crippen LogP contribution is -2.44. The molecule has 0 amide bonds. The van der Waals surface area contributed by atoms with E-state index in [0.717, 1.165) is 49.7 Å². The van der Waals surface area contributed by atoms with Gasteiger partial charge in [0, 0.05) is 38.1 Å². The van der Waals surface area contributed by atoms with Crippen molar-refractivity contribution < 1.29 is 0 Å². The van der Waals surface area contributed by atoms with Gasteiger partial charge in [-0.25, -0.2) is 9.98 Å². The fourth-order valence-electron chi connectivity index (χ4n) is 2.96. The molecule has 0 bridgehead atoms. The number of hydrogen-bond acceptors (Lipinski definition) is 4. The van der Waals surface area contributed by atoms with Crippen LogP contribution in [0.3, 0.4) is 0 Å². The zero-order valence-electron chi connectivity index (χ0n) is 16.1. The number of nitrogens with two attached hydrogens (primary N) is 1. The number of pyridine rings is 1. The van der Waals surface area contributed by atoms with Gasteiger partial charge >= 0.3 is 0 Å². The molecule has 1 aliphatic rings. The number of hydrogen-bond donors (Lipinski definition) is 2. The summed E-state index contributed by atoms with van der Waals surface area (Å²) in [4.78, 5) is 13.6. The molecule has 1 aliphatic heterocycles. The molecule has 0 saturated carbocycles. The Kier molecular flexibility index (Phi) is 8.30. The van der Waals surface area contributed by atoms with Crippen LogP contribution < -0.4 is 16.0 Å². The first-order valence-electron chi connectivity index (χ1n) is 9.18. The zero-order valence-corrected chi connectivity index (χ0v) is 18.4. The Hall–Kier alpha value is -1.87. The van der Waals surface area contributed by atoms with Gasteiger partial charge in [0.25, 0.3) is 0 Å². The first-order chi connectivity index (χ1) is 12.6. The van der Waals surface area contributed by atoms with Crippen molar-refractivity contribution >= 4 is 41.4 Å². The molecule has 1 saturated heterocycles. The van der Waals surface area contributed by atoms with Crippen molar-refractivity contribution in [2.24, 2.45) is 10.7 Å². The van der Waals surface area contributed by atoms with E-state index < -0.39 is 0 Å². The molecule has 6 nitrogen and oxygen atoms in total. The molecule has 3 rings (SSSR count). The maximum absolute atomic E-state index is 6.03. The summed E-state index contributed by atoms with van der Waals surface area (Å²) in [6, 6.07) is 12.4. The van der Waals surface area contributed by atoms with Gasteiger partial charge in [0.05, 0.1) is 6.54 Å². The van der Waals surface area contributed by atoms with Crippen LogP contribution in [0.4, 0.5) is 11.5 Å². The highest BCUT2D eigenvalue weighted by molar-refractivity contribution is 14.0. The summed E-state index contributed by atoms with van der Waals surface area (Å²) in [6.45, 7) is 6.83. The highest BCUT2D eigenvalue weighted by atomic mass is 127. The molecule has 1 aromatic heterocycles. The average Bonchev–Trinajstić information content (AvgIpc) is 2.68. The number of rotatable bonds is 5. The van der Waals surface area contributed by atoms with Crippen molar-refractivity contribution in [2.45, 2.75) is 19.9 Å². The molecule has 27 heavy (non-hydrogen) atoms. The van der Waals surface area contributed by atoms with Gasteiger partial charge in [-0.2, -0.15) is 0 Å². The van der Waals surface area contributed by atoms with Crippen LogP contribution in [0.1, 0.15) is 18.1 Å². The minimum Gasteiger partial charge on any atom is -0.370 e. The first-order valence-corrected chi connectivity index (χ1v) is 9.18. The monoisotopic (exact) mass is 480 g/mol. The van der Waals surface area contributed by atoms with E-state index >= 15 is 0 Å². The molecule has 1 fully saturated rings. The molecular formula is C20H29IN6. The molecule has 0 spiro atoms. The second kappa shape index (κ2) is 10.5. The van der Waals surface area contributed by atoms with Crippen molar-refractivity contribution in [3.63, 3.8) is 0 Å². The molecule has 2 heterocycles. The molecule has 0 radical (unpaired) electrons. The van der Waals surface area contributed by atoms with Crippen LogP contribution in [0.2, 0.25) is 0 Å². The van der Waals surface area contributed by atoms with E-state index in [1.54, 1.807) is 0 Å². The number of benzene rings is 1. The Labute approximate surface area is 178 Å². The number of nitrogens with one attached hydrogen (secondary N) is 1. The van der Waals surface area contributed by atoms with E-state index in [1.807, 2.05) is 24.4 Å². The van der Waals surface area contributed by atoms with Gasteiger partial charge in [-0.3, -0.25) is 0 Å². The number of likely N-dealkylation sites (N-methyl/N-ethyl adjacent to an activating group) is 1. The number of halogens is 1. The topological polar surface area (TPSA) is 69.8 Å². The summed E-state index contributed by atoms with van der Waals surface area (Å²) in [5.41, 5.74) is 9.40. The predicted molar refractivity (Wildman–Crippen MR) is 124 cm³/mol. The SMILES string of the molecule is CCc1ccc(NC(N)=NCc2ccnc(N3CCN(C)CC3)c2)cc1.I. The Morgan fingerprint density at radius 1 is 1.11 bits per heavy atom. The van der Waals surface area contributed by atoms with Crippen LogP contribution in [-0.2, 0) is 13.0 Å². The fourth-order valence-corrected chi connectivity index (χ4v) is 2.96. The van der Waals surface area contributed by atoms with Crippen molar-refractivity contribution in [1.29, 1.82) is 0 Å². The number of nitrogens with zero attached hydrogens (tertiary/aromatic N) is 4. The Bertz CT molecular complexity index is 738. The van der Waals surface area contributed by atoms with E-state index in [1.165, 1.54) is 5.56 Å². The average molecular weight is 480 g/mol. The zero-order chi connectivity index (χ0) is 18.4. The van der Waals surface area contributed by atoms with Gasteiger partial charge in [0.1, 0.15) is 5.82 Å². The van der Waals surface area contributed by atoms with E-state index in [4.69, 9.17) is 5.73 Å². The van der Waals surface area contributed by atoms with E-state index in [-0.39, 0.29) is 24.0 Å². The highest BCUT2D eigenvalue weighted by Crippen LogP contribution is 2.15. The van der Waals surface area contributed by atoms with Crippen molar-refractivity contribution in [1.82, 2.24) is 9.88 Å². The quantitative estimate of drug-likeness (QED) is 0.392. The maximum Gasteiger partial charge on any atom is 0.193 e. The highest BCUT2D eigenvalue weighted by Gasteiger charge is 2.15. The fraction of sp³-hybridized carbons (Fsp3) is 0.400.